The Morgan fingerprint density at radius 1 is 1.75 bits per heavy atom. The van der Waals surface area contributed by atoms with E-state index in [9.17, 15) is 0 Å². The molecule has 0 spiro atoms. The Morgan fingerprint density at radius 2 is 2.38 bits per heavy atom. The van der Waals surface area contributed by atoms with Crippen LogP contribution in [0.5, 0.6) is 0 Å². The summed E-state index contributed by atoms with van der Waals surface area (Å²) >= 11 is 0. The second-order valence-corrected chi connectivity index (χ2v) is 2.17. The van der Waals surface area contributed by atoms with Crippen molar-refractivity contribution in [1.82, 2.24) is 4.90 Å². The molecule has 0 aliphatic carbocycles. The second kappa shape index (κ2) is 2.01. The monoisotopic (exact) mass is 117 g/mol. The van der Waals surface area contributed by atoms with Gasteiger partial charge in [-0.15, -0.1) is 0 Å². The van der Waals surface area contributed by atoms with E-state index in [-0.39, 0.29) is 0 Å². The lowest BCUT2D eigenvalue weighted by Gasteiger charge is -2.14. The summed E-state index contributed by atoms with van der Waals surface area (Å²) in [5.41, 5.74) is 0. The molecule has 3 heteroatoms. The minimum atomic E-state index is -0.676. The van der Waals surface area contributed by atoms with Gasteiger partial charge in [0.05, 0.1) is 6.61 Å². The number of rotatable bonds is 0. The summed E-state index contributed by atoms with van der Waals surface area (Å²) in [6.45, 7) is 2.65. The average molecular weight is 117 g/mol. The van der Waals surface area contributed by atoms with Crippen LogP contribution in [0.4, 0.5) is 0 Å². The van der Waals surface area contributed by atoms with Crippen molar-refractivity contribution in [2.45, 2.75) is 19.4 Å². The summed E-state index contributed by atoms with van der Waals surface area (Å²) in [7, 11) is 1.84. The van der Waals surface area contributed by atoms with Crippen molar-refractivity contribution < 1.29 is 9.84 Å². The van der Waals surface area contributed by atoms with Crippen molar-refractivity contribution in [2.24, 2.45) is 0 Å². The van der Waals surface area contributed by atoms with Gasteiger partial charge in [0.25, 0.3) is 0 Å². The molecule has 2 unspecified atom stereocenters. The van der Waals surface area contributed by atoms with Gasteiger partial charge in [-0.05, 0) is 14.0 Å². The van der Waals surface area contributed by atoms with Crippen LogP contribution in [-0.4, -0.2) is 36.1 Å². The minimum Gasteiger partial charge on any atom is -0.356 e. The summed E-state index contributed by atoms with van der Waals surface area (Å²) < 4.78 is 4.86. The Labute approximate surface area is 48.9 Å². The molecule has 0 aromatic rings. The standard InChI is InChI=1S/C5H11NO2/c1-4-3-8-5(7)6(4)2/h4-5,7H,3H2,1-2H3. The smallest absolute Gasteiger partial charge is 0.216 e. The lowest BCUT2D eigenvalue weighted by molar-refractivity contribution is -0.126. The molecule has 1 saturated heterocycles. The summed E-state index contributed by atoms with van der Waals surface area (Å²) in [6, 6.07) is 0.352. The van der Waals surface area contributed by atoms with Gasteiger partial charge in [0.1, 0.15) is 0 Å². The van der Waals surface area contributed by atoms with E-state index >= 15 is 0 Å². The molecule has 1 rings (SSSR count). The highest BCUT2D eigenvalue weighted by molar-refractivity contribution is 4.66. The lowest BCUT2D eigenvalue weighted by Crippen LogP contribution is -2.30. The molecular formula is C5H11NO2. The molecule has 0 aromatic heterocycles. The number of hydrogen-bond donors (Lipinski definition) is 1. The van der Waals surface area contributed by atoms with Crippen LogP contribution in [0.1, 0.15) is 6.92 Å². The van der Waals surface area contributed by atoms with E-state index in [1.165, 1.54) is 0 Å². The van der Waals surface area contributed by atoms with Crippen molar-refractivity contribution in [3.8, 4) is 0 Å². The molecule has 0 radical (unpaired) electrons. The molecule has 1 heterocycles. The zero-order valence-electron chi connectivity index (χ0n) is 5.16. The Morgan fingerprint density at radius 3 is 2.50 bits per heavy atom. The third-order valence-electron chi connectivity index (χ3n) is 1.53. The van der Waals surface area contributed by atoms with Crippen molar-refractivity contribution in [3.05, 3.63) is 0 Å². The van der Waals surface area contributed by atoms with Crippen LogP contribution < -0.4 is 0 Å². The first-order valence-electron chi connectivity index (χ1n) is 2.73. The van der Waals surface area contributed by atoms with Crippen LogP contribution in [0.15, 0.2) is 0 Å². The lowest BCUT2D eigenvalue weighted by atomic mass is 10.4. The second-order valence-electron chi connectivity index (χ2n) is 2.17. The fraction of sp³-hybridized carbons (Fsp3) is 1.00. The largest absolute Gasteiger partial charge is 0.356 e. The summed E-state index contributed by atoms with van der Waals surface area (Å²) in [4.78, 5) is 1.78. The molecule has 1 fully saturated rings. The minimum absolute atomic E-state index is 0.352. The predicted octanol–water partition coefficient (Wildman–Crippen LogP) is -0.387. The molecule has 0 bridgehead atoms. The summed E-state index contributed by atoms with van der Waals surface area (Å²) in [5, 5.41) is 8.87. The molecule has 1 N–H and O–H groups in total. The Kier molecular flexibility index (Phi) is 1.51. The van der Waals surface area contributed by atoms with Crippen LogP contribution in [0.25, 0.3) is 0 Å². The van der Waals surface area contributed by atoms with Crippen molar-refractivity contribution in [1.29, 1.82) is 0 Å². The van der Waals surface area contributed by atoms with Crippen LogP contribution in [0.2, 0.25) is 0 Å². The quantitative estimate of drug-likeness (QED) is 0.469. The van der Waals surface area contributed by atoms with E-state index in [1.54, 1.807) is 4.90 Å². The van der Waals surface area contributed by atoms with Gasteiger partial charge in [-0.3, -0.25) is 4.90 Å². The van der Waals surface area contributed by atoms with Gasteiger partial charge >= 0.3 is 0 Å². The highest BCUT2D eigenvalue weighted by Gasteiger charge is 2.25. The Bertz CT molecular complexity index is 76.5. The first-order chi connectivity index (χ1) is 3.72. The Hall–Kier alpha value is -0.120. The first kappa shape index (κ1) is 6.01. The van der Waals surface area contributed by atoms with Gasteiger partial charge in [0, 0.05) is 6.04 Å². The van der Waals surface area contributed by atoms with Gasteiger partial charge in [-0.1, -0.05) is 0 Å². The normalized spacial score (nSPS) is 40.9. The number of likely N-dealkylation sites (N-methyl/N-ethyl adjacent to an activating group) is 1. The molecule has 0 saturated carbocycles. The van der Waals surface area contributed by atoms with Gasteiger partial charge in [0.15, 0.2) is 0 Å². The molecule has 8 heavy (non-hydrogen) atoms. The number of aliphatic hydroxyl groups is 1. The first-order valence-corrected chi connectivity index (χ1v) is 2.73. The zero-order chi connectivity index (χ0) is 6.15. The fourth-order valence-electron chi connectivity index (χ4n) is 0.678. The van der Waals surface area contributed by atoms with E-state index in [0.29, 0.717) is 12.6 Å². The van der Waals surface area contributed by atoms with Crippen molar-refractivity contribution in [3.63, 3.8) is 0 Å². The topological polar surface area (TPSA) is 32.7 Å². The van der Waals surface area contributed by atoms with Gasteiger partial charge in [0.2, 0.25) is 6.41 Å². The molecule has 1 aliphatic heterocycles. The van der Waals surface area contributed by atoms with Crippen LogP contribution in [0.3, 0.4) is 0 Å². The molecule has 48 valence electrons. The highest BCUT2D eigenvalue weighted by atomic mass is 16.6. The number of ether oxygens (including phenoxy) is 1. The van der Waals surface area contributed by atoms with Crippen molar-refractivity contribution >= 4 is 0 Å². The van der Waals surface area contributed by atoms with Crippen molar-refractivity contribution in [2.75, 3.05) is 13.7 Å². The number of nitrogens with zero attached hydrogens (tertiary/aromatic N) is 1. The predicted molar refractivity (Wildman–Crippen MR) is 29.2 cm³/mol. The fourth-order valence-corrected chi connectivity index (χ4v) is 0.678. The molecule has 3 nitrogen and oxygen atoms in total. The van der Waals surface area contributed by atoms with Gasteiger partial charge in [-0.2, -0.15) is 0 Å². The molecule has 1 aliphatic rings. The maximum Gasteiger partial charge on any atom is 0.216 e. The van der Waals surface area contributed by atoms with E-state index in [1.807, 2.05) is 14.0 Å². The van der Waals surface area contributed by atoms with E-state index in [0.717, 1.165) is 0 Å². The molecular weight excluding hydrogens is 106 g/mol. The highest BCUT2D eigenvalue weighted by Crippen LogP contribution is 2.10. The van der Waals surface area contributed by atoms with E-state index in [4.69, 9.17) is 9.84 Å². The Balaban J connectivity index is 2.44. The van der Waals surface area contributed by atoms with E-state index < -0.39 is 6.41 Å². The maximum atomic E-state index is 8.87. The number of aliphatic hydroxyl groups excluding tert-OH is 1. The number of hydrogen-bond acceptors (Lipinski definition) is 3. The van der Waals surface area contributed by atoms with Crippen LogP contribution in [-0.2, 0) is 4.74 Å². The maximum absolute atomic E-state index is 8.87. The summed E-state index contributed by atoms with van der Waals surface area (Å²) in [6.07, 6.45) is -0.676. The van der Waals surface area contributed by atoms with E-state index in [2.05, 4.69) is 0 Å². The van der Waals surface area contributed by atoms with Gasteiger partial charge in [-0.25, -0.2) is 0 Å². The van der Waals surface area contributed by atoms with Crippen LogP contribution >= 0.6 is 0 Å². The van der Waals surface area contributed by atoms with Crippen LogP contribution in [0, 0.1) is 0 Å². The zero-order valence-corrected chi connectivity index (χ0v) is 5.16. The van der Waals surface area contributed by atoms with Gasteiger partial charge < -0.3 is 9.84 Å². The third-order valence-corrected chi connectivity index (χ3v) is 1.53. The molecule has 2 atom stereocenters. The SMILES string of the molecule is CC1COC(O)N1C. The molecule has 0 amide bonds. The average Bonchev–Trinajstić information content (AvgIpc) is 1.98. The summed E-state index contributed by atoms with van der Waals surface area (Å²) in [5.74, 6) is 0. The third kappa shape index (κ3) is 0.844. The molecule has 0 aromatic carbocycles.